The second-order valence-electron chi connectivity index (χ2n) is 7.37. The van der Waals surface area contributed by atoms with Crippen molar-refractivity contribution in [3.05, 3.63) is 36.0 Å². The third-order valence-corrected chi connectivity index (χ3v) is 5.84. The highest BCUT2D eigenvalue weighted by atomic mass is 16.5. The zero-order valence-corrected chi connectivity index (χ0v) is 14.9. The van der Waals surface area contributed by atoms with Gasteiger partial charge in [0.15, 0.2) is 0 Å². The Bertz CT molecular complexity index is 741. The molecule has 1 aromatic carbocycles. The molecule has 0 aliphatic carbocycles. The fraction of sp³-hybridized carbons (Fsp3) is 0.550. The molecule has 5 heteroatoms. The van der Waals surface area contributed by atoms with Gasteiger partial charge in [-0.15, -0.1) is 0 Å². The molecule has 1 N–H and O–H groups in total. The van der Waals surface area contributed by atoms with Crippen LogP contribution in [0.2, 0.25) is 0 Å². The largest absolute Gasteiger partial charge is 0.380 e. The van der Waals surface area contributed by atoms with Crippen molar-refractivity contribution in [3.8, 4) is 0 Å². The van der Waals surface area contributed by atoms with Crippen molar-refractivity contribution in [3.63, 3.8) is 0 Å². The van der Waals surface area contributed by atoms with Crippen molar-refractivity contribution in [2.24, 2.45) is 5.92 Å². The van der Waals surface area contributed by atoms with Crippen LogP contribution < -0.4 is 0 Å². The van der Waals surface area contributed by atoms with E-state index in [1.807, 2.05) is 12.3 Å². The molecule has 0 unspecified atom stereocenters. The van der Waals surface area contributed by atoms with Crippen molar-refractivity contribution >= 4 is 16.8 Å². The number of aromatic amines is 1. The highest BCUT2D eigenvalue weighted by molar-refractivity contribution is 5.84. The van der Waals surface area contributed by atoms with Gasteiger partial charge in [0.05, 0.1) is 13.2 Å². The van der Waals surface area contributed by atoms with E-state index in [0.29, 0.717) is 18.4 Å². The Morgan fingerprint density at radius 3 is 3.12 bits per heavy atom. The number of likely N-dealkylation sites (N-methyl/N-ethyl adjacent to an activating group) is 1. The Morgan fingerprint density at radius 2 is 2.20 bits per heavy atom. The van der Waals surface area contributed by atoms with Crippen molar-refractivity contribution in [1.82, 2.24) is 14.8 Å². The van der Waals surface area contributed by atoms with Crippen LogP contribution >= 0.6 is 0 Å². The molecule has 0 radical (unpaired) electrons. The predicted octanol–water partition coefficient (Wildman–Crippen LogP) is 2.28. The summed E-state index contributed by atoms with van der Waals surface area (Å²) >= 11 is 0. The molecule has 2 aliphatic heterocycles. The summed E-state index contributed by atoms with van der Waals surface area (Å²) in [5.74, 6) is 0.840. The molecule has 3 heterocycles. The minimum Gasteiger partial charge on any atom is -0.380 e. The Kier molecular flexibility index (Phi) is 4.77. The lowest BCUT2D eigenvalue weighted by molar-refractivity contribution is -0.134. The van der Waals surface area contributed by atoms with E-state index in [1.54, 1.807) is 0 Å². The summed E-state index contributed by atoms with van der Waals surface area (Å²) < 4.78 is 5.72. The summed E-state index contributed by atoms with van der Waals surface area (Å²) in [4.78, 5) is 20.5. The molecule has 134 valence electrons. The van der Waals surface area contributed by atoms with Gasteiger partial charge in [-0.3, -0.25) is 9.69 Å². The lowest BCUT2D eigenvalue weighted by Gasteiger charge is -2.41. The van der Waals surface area contributed by atoms with Gasteiger partial charge in [0.1, 0.15) is 0 Å². The molecule has 0 spiro atoms. The maximum atomic E-state index is 12.8. The molecular weight excluding hydrogens is 314 g/mol. The minimum atomic E-state index is 0.280. The van der Waals surface area contributed by atoms with Gasteiger partial charge in [0.25, 0.3) is 0 Å². The van der Waals surface area contributed by atoms with Gasteiger partial charge < -0.3 is 14.6 Å². The van der Waals surface area contributed by atoms with Crippen LogP contribution in [-0.2, 0) is 16.0 Å². The van der Waals surface area contributed by atoms with Gasteiger partial charge in [-0.2, -0.15) is 0 Å². The van der Waals surface area contributed by atoms with E-state index in [0.717, 1.165) is 51.2 Å². The SMILES string of the molecule is CN1CCOC[C@H]2CCN(C(=O)CCc3c[nH]c4ccccc34)C[C@H]21. The van der Waals surface area contributed by atoms with E-state index in [-0.39, 0.29) is 5.91 Å². The van der Waals surface area contributed by atoms with Crippen LogP contribution in [0, 0.1) is 5.92 Å². The molecule has 4 rings (SSSR count). The lowest BCUT2D eigenvalue weighted by atomic mass is 9.91. The predicted molar refractivity (Wildman–Crippen MR) is 98.5 cm³/mol. The number of H-pyrrole nitrogens is 1. The number of piperidine rings is 1. The number of hydrogen-bond donors (Lipinski definition) is 1. The van der Waals surface area contributed by atoms with E-state index in [2.05, 4.69) is 40.0 Å². The number of benzene rings is 1. The summed E-state index contributed by atoms with van der Waals surface area (Å²) in [7, 11) is 2.16. The number of amides is 1. The number of nitrogens with one attached hydrogen (secondary N) is 1. The Balaban J connectivity index is 1.38. The fourth-order valence-corrected chi connectivity index (χ4v) is 4.25. The van der Waals surface area contributed by atoms with Crippen LogP contribution in [0.25, 0.3) is 10.9 Å². The van der Waals surface area contributed by atoms with Gasteiger partial charge in [-0.1, -0.05) is 18.2 Å². The number of likely N-dealkylation sites (tertiary alicyclic amines) is 1. The fourth-order valence-electron chi connectivity index (χ4n) is 4.25. The average Bonchev–Trinajstić information content (AvgIpc) is 2.97. The first-order valence-corrected chi connectivity index (χ1v) is 9.33. The molecule has 5 nitrogen and oxygen atoms in total. The third-order valence-electron chi connectivity index (χ3n) is 5.84. The van der Waals surface area contributed by atoms with Gasteiger partial charge in [-0.25, -0.2) is 0 Å². The number of aryl methyl sites for hydroxylation is 1. The number of fused-ring (bicyclic) bond motifs is 2. The van der Waals surface area contributed by atoms with Crippen LogP contribution in [-0.4, -0.2) is 66.6 Å². The normalized spacial score (nSPS) is 24.9. The Morgan fingerprint density at radius 1 is 1.32 bits per heavy atom. The maximum absolute atomic E-state index is 12.8. The summed E-state index contributed by atoms with van der Waals surface area (Å²) in [6.07, 6.45) is 4.47. The van der Waals surface area contributed by atoms with E-state index in [9.17, 15) is 4.79 Å². The van der Waals surface area contributed by atoms with Crippen molar-refractivity contribution in [1.29, 1.82) is 0 Å². The number of rotatable bonds is 3. The Hall–Kier alpha value is -1.85. The second kappa shape index (κ2) is 7.18. The molecule has 1 amide bonds. The van der Waals surface area contributed by atoms with E-state index in [4.69, 9.17) is 4.74 Å². The summed E-state index contributed by atoms with van der Waals surface area (Å²) in [6.45, 7) is 4.31. The monoisotopic (exact) mass is 341 g/mol. The molecule has 25 heavy (non-hydrogen) atoms. The van der Waals surface area contributed by atoms with Gasteiger partial charge in [0.2, 0.25) is 5.91 Å². The number of nitrogens with zero attached hydrogens (tertiary/aromatic N) is 2. The van der Waals surface area contributed by atoms with Gasteiger partial charge in [0, 0.05) is 55.1 Å². The minimum absolute atomic E-state index is 0.280. The highest BCUT2D eigenvalue weighted by Crippen LogP contribution is 2.25. The average molecular weight is 341 g/mol. The molecule has 2 atom stereocenters. The summed E-state index contributed by atoms with van der Waals surface area (Å²) in [5.41, 5.74) is 2.38. The summed E-state index contributed by atoms with van der Waals surface area (Å²) in [6, 6.07) is 8.72. The second-order valence-corrected chi connectivity index (χ2v) is 7.37. The first-order chi connectivity index (χ1) is 12.2. The molecular formula is C20H27N3O2. The van der Waals surface area contributed by atoms with Crippen molar-refractivity contribution in [2.45, 2.75) is 25.3 Å². The van der Waals surface area contributed by atoms with Crippen molar-refractivity contribution in [2.75, 3.05) is 39.9 Å². The smallest absolute Gasteiger partial charge is 0.222 e. The van der Waals surface area contributed by atoms with Gasteiger partial charge in [-0.05, 0) is 31.5 Å². The molecule has 0 bridgehead atoms. The van der Waals surface area contributed by atoms with E-state index in [1.165, 1.54) is 10.9 Å². The first kappa shape index (κ1) is 16.6. The number of para-hydroxylation sites is 1. The molecule has 2 saturated heterocycles. The number of hydrogen-bond acceptors (Lipinski definition) is 3. The number of carbonyl (C=O) groups is 1. The molecule has 2 aromatic rings. The van der Waals surface area contributed by atoms with Crippen LogP contribution in [0.3, 0.4) is 0 Å². The molecule has 0 saturated carbocycles. The van der Waals surface area contributed by atoms with Crippen molar-refractivity contribution < 1.29 is 9.53 Å². The zero-order chi connectivity index (χ0) is 17.2. The zero-order valence-electron chi connectivity index (χ0n) is 14.9. The quantitative estimate of drug-likeness (QED) is 0.932. The topological polar surface area (TPSA) is 48.6 Å². The standard InChI is InChI=1S/C20H27N3O2/c1-22-10-11-25-14-16-8-9-23(13-19(16)22)20(24)7-6-15-12-21-18-5-3-2-4-17(15)18/h2-5,12,16,19,21H,6-11,13-14H2,1H3/t16-,19-/m1/s1. The number of carbonyl (C=O) groups excluding carboxylic acids is 1. The van der Waals surface area contributed by atoms with E-state index >= 15 is 0 Å². The molecule has 2 fully saturated rings. The maximum Gasteiger partial charge on any atom is 0.222 e. The highest BCUT2D eigenvalue weighted by Gasteiger charge is 2.35. The Labute approximate surface area is 148 Å². The third kappa shape index (κ3) is 3.44. The number of aromatic nitrogens is 1. The van der Waals surface area contributed by atoms with Gasteiger partial charge >= 0.3 is 0 Å². The molecule has 2 aliphatic rings. The van der Waals surface area contributed by atoms with Crippen LogP contribution in [0.15, 0.2) is 30.5 Å². The molecule has 1 aromatic heterocycles. The number of ether oxygens (including phenoxy) is 1. The van der Waals surface area contributed by atoms with E-state index < -0.39 is 0 Å². The van der Waals surface area contributed by atoms with Crippen LogP contribution in [0.5, 0.6) is 0 Å². The lowest BCUT2D eigenvalue weighted by Crippen LogP contribution is -2.53. The summed E-state index contributed by atoms with van der Waals surface area (Å²) in [5, 5.41) is 1.23. The first-order valence-electron chi connectivity index (χ1n) is 9.33. The van der Waals surface area contributed by atoms with Crippen LogP contribution in [0.1, 0.15) is 18.4 Å². The van der Waals surface area contributed by atoms with Crippen LogP contribution in [0.4, 0.5) is 0 Å².